The van der Waals surface area contributed by atoms with Crippen molar-refractivity contribution in [3.05, 3.63) is 0 Å². The summed E-state index contributed by atoms with van der Waals surface area (Å²) >= 11 is 0. The lowest BCUT2D eigenvalue weighted by molar-refractivity contribution is -0.121. The number of carbonyl (C=O) groups excluding carboxylic acids is 1. The fourth-order valence-electron chi connectivity index (χ4n) is 0.914. The van der Waals surface area contributed by atoms with Gasteiger partial charge in [0, 0.05) is 19.2 Å². The minimum atomic E-state index is 0.0123. The third-order valence-electron chi connectivity index (χ3n) is 1.49. The highest BCUT2D eigenvalue weighted by molar-refractivity contribution is 5.78. The summed E-state index contributed by atoms with van der Waals surface area (Å²) in [7, 11) is 1.62. The zero-order valence-corrected chi connectivity index (χ0v) is 8.89. The fraction of sp³-hybridized carbons (Fsp3) is 0.889. The molecule has 0 fully saturated rings. The van der Waals surface area contributed by atoms with Gasteiger partial charge in [-0.15, -0.1) is 0 Å². The largest absolute Gasteiger partial charge is 0.383 e. The topological polar surface area (TPSA) is 50.4 Å². The SMILES string of the molecule is COCC(C)NC(=O)CNC(C)C. The Labute approximate surface area is 80.0 Å². The van der Waals surface area contributed by atoms with Crippen LogP contribution in [0, 0.1) is 0 Å². The average Bonchev–Trinajstić information content (AvgIpc) is 2.01. The summed E-state index contributed by atoms with van der Waals surface area (Å²) in [5, 5.41) is 5.85. The van der Waals surface area contributed by atoms with E-state index in [0.717, 1.165) is 0 Å². The minimum absolute atomic E-state index is 0.0123. The van der Waals surface area contributed by atoms with Gasteiger partial charge in [-0.1, -0.05) is 13.8 Å². The summed E-state index contributed by atoms with van der Waals surface area (Å²) in [5.74, 6) is 0.0123. The van der Waals surface area contributed by atoms with Crippen molar-refractivity contribution in [2.24, 2.45) is 0 Å². The standard InChI is InChI=1S/C9H20N2O2/c1-7(2)10-5-9(12)11-8(3)6-13-4/h7-8,10H,5-6H2,1-4H3,(H,11,12). The fourth-order valence-corrected chi connectivity index (χ4v) is 0.914. The zero-order valence-electron chi connectivity index (χ0n) is 8.89. The molecule has 0 saturated heterocycles. The lowest BCUT2D eigenvalue weighted by Gasteiger charge is -2.13. The maximum Gasteiger partial charge on any atom is 0.234 e. The molecule has 0 bridgehead atoms. The van der Waals surface area contributed by atoms with Crippen LogP contribution >= 0.6 is 0 Å². The van der Waals surface area contributed by atoms with Crippen molar-refractivity contribution in [1.29, 1.82) is 0 Å². The minimum Gasteiger partial charge on any atom is -0.383 e. The number of methoxy groups -OCH3 is 1. The maximum atomic E-state index is 11.2. The monoisotopic (exact) mass is 188 g/mol. The van der Waals surface area contributed by atoms with Gasteiger partial charge < -0.3 is 15.4 Å². The van der Waals surface area contributed by atoms with Crippen LogP contribution in [-0.2, 0) is 9.53 Å². The number of amides is 1. The van der Waals surface area contributed by atoms with Crippen LogP contribution in [0.25, 0.3) is 0 Å². The molecule has 0 heterocycles. The molecule has 13 heavy (non-hydrogen) atoms. The summed E-state index contributed by atoms with van der Waals surface area (Å²) in [6, 6.07) is 0.412. The van der Waals surface area contributed by atoms with Crippen LogP contribution in [-0.4, -0.2) is 38.3 Å². The molecule has 1 amide bonds. The molecule has 0 aromatic heterocycles. The van der Waals surface area contributed by atoms with Crippen LogP contribution in [0.3, 0.4) is 0 Å². The first kappa shape index (κ1) is 12.4. The molecule has 2 N–H and O–H groups in total. The second kappa shape index (κ2) is 6.86. The molecule has 0 aromatic carbocycles. The second-order valence-electron chi connectivity index (χ2n) is 3.46. The van der Waals surface area contributed by atoms with Crippen LogP contribution in [0.2, 0.25) is 0 Å². The molecule has 4 nitrogen and oxygen atoms in total. The highest BCUT2D eigenvalue weighted by Gasteiger charge is 2.06. The Bertz CT molecular complexity index is 149. The molecule has 0 aliphatic rings. The number of hydrogen-bond donors (Lipinski definition) is 2. The maximum absolute atomic E-state index is 11.2. The average molecular weight is 188 g/mol. The highest BCUT2D eigenvalue weighted by Crippen LogP contribution is 1.82. The summed E-state index contributed by atoms with van der Waals surface area (Å²) < 4.78 is 4.89. The third kappa shape index (κ3) is 7.74. The van der Waals surface area contributed by atoms with E-state index in [9.17, 15) is 4.79 Å². The van der Waals surface area contributed by atoms with Gasteiger partial charge in [-0.3, -0.25) is 4.79 Å². The van der Waals surface area contributed by atoms with Gasteiger partial charge in [0.05, 0.1) is 13.2 Å². The zero-order chi connectivity index (χ0) is 10.3. The molecular weight excluding hydrogens is 168 g/mol. The van der Waals surface area contributed by atoms with Gasteiger partial charge in [0.25, 0.3) is 0 Å². The van der Waals surface area contributed by atoms with Crippen molar-refractivity contribution in [1.82, 2.24) is 10.6 Å². The molecule has 4 heteroatoms. The van der Waals surface area contributed by atoms with E-state index in [1.165, 1.54) is 0 Å². The van der Waals surface area contributed by atoms with E-state index in [-0.39, 0.29) is 11.9 Å². The summed E-state index contributed by atoms with van der Waals surface area (Å²) in [6.07, 6.45) is 0. The summed E-state index contributed by atoms with van der Waals surface area (Å²) in [5.41, 5.74) is 0. The van der Waals surface area contributed by atoms with Gasteiger partial charge in [-0.25, -0.2) is 0 Å². The van der Waals surface area contributed by atoms with Crippen molar-refractivity contribution in [3.63, 3.8) is 0 Å². The Hall–Kier alpha value is -0.610. The predicted molar refractivity (Wildman–Crippen MR) is 52.6 cm³/mol. The molecule has 0 radical (unpaired) electrons. The molecule has 0 spiro atoms. The van der Waals surface area contributed by atoms with Gasteiger partial charge in [0.2, 0.25) is 5.91 Å². The lowest BCUT2D eigenvalue weighted by Crippen LogP contribution is -2.42. The molecular formula is C9H20N2O2. The van der Waals surface area contributed by atoms with E-state index in [4.69, 9.17) is 4.74 Å². The molecule has 0 aliphatic heterocycles. The first-order valence-electron chi connectivity index (χ1n) is 4.58. The number of rotatable bonds is 6. The van der Waals surface area contributed by atoms with Crippen molar-refractivity contribution < 1.29 is 9.53 Å². The normalized spacial score (nSPS) is 13.0. The smallest absolute Gasteiger partial charge is 0.234 e. The van der Waals surface area contributed by atoms with Gasteiger partial charge in [0.1, 0.15) is 0 Å². The van der Waals surface area contributed by atoms with Gasteiger partial charge in [0.15, 0.2) is 0 Å². The molecule has 0 saturated carbocycles. The van der Waals surface area contributed by atoms with Crippen molar-refractivity contribution in [3.8, 4) is 0 Å². The quantitative estimate of drug-likeness (QED) is 0.623. The van der Waals surface area contributed by atoms with Crippen LogP contribution in [0.1, 0.15) is 20.8 Å². The van der Waals surface area contributed by atoms with Crippen LogP contribution in [0.5, 0.6) is 0 Å². The molecule has 0 aliphatic carbocycles. The van der Waals surface area contributed by atoms with Gasteiger partial charge >= 0.3 is 0 Å². The van der Waals surface area contributed by atoms with Gasteiger partial charge in [-0.2, -0.15) is 0 Å². The van der Waals surface area contributed by atoms with Crippen LogP contribution in [0.15, 0.2) is 0 Å². The molecule has 78 valence electrons. The summed E-state index contributed by atoms with van der Waals surface area (Å²) in [6.45, 7) is 6.84. The van der Waals surface area contributed by atoms with Gasteiger partial charge in [-0.05, 0) is 6.92 Å². The van der Waals surface area contributed by atoms with E-state index in [2.05, 4.69) is 10.6 Å². The van der Waals surface area contributed by atoms with E-state index in [1.807, 2.05) is 20.8 Å². The third-order valence-corrected chi connectivity index (χ3v) is 1.49. The Morgan fingerprint density at radius 3 is 2.46 bits per heavy atom. The second-order valence-corrected chi connectivity index (χ2v) is 3.46. The van der Waals surface area contributed by atoms with E-state index < -0.39 is 0 Å². The Morgan fingerprint density at radius 2 is 2.00 bits per heavy atom. The Balaban J connectivity index is 3.50. The molecule has 0 rings (SSSR count). The molecule has 1 atom stereocenters. The van der Waals surface area contributed by atoms with Crippen LogP contribution < -0.4 is 10.6 Å². The molecule has 0 aromatic rings. The van der Waals surface area contributed by atoms with E-state index in [1.54, 1.807) is 7.11 Å². The first-order valence-corrected chi connectivity index (χ1v) is 4.58. The summed E-state index contributed by atoms with van der Waals surface area (Å²) in [4.78, 5) is 11.2. The van der Waals surface area contributed by atoms with Crippen molar-refractivity contribution in [2.45, 2.75) is 32.9 Å². The predicted octanol–water partition coefficient (Wildman–Crippen LogP) is 0.136. The van der Waals surface area contributed by atoms with Crippen molar-refractivity contribution >= 4 is 5.91 Å². The van der Waals surface area contributed by atoms with E-state index >= 15 is 0 Å². The van der Waals surface area contributed by atoms with Crippen molar-refractivity contribution in [2.75, 3.05) is 20.3 Å². The number of carbonyl (C=O) groups is 1. The van der Waals surface area contributed by atoms with Crippen LogP contribution in [0.4, 0.5) is 0 Å². The number of nitrogens with one attached hydrogen (secondary N) is 2. The molecule has 1 unspecified atom stereocenters. The Morgan fingerprint density at radius 1 is 1.38 bits per heavy atom. The Kier molecular flexibility index (Phi) is 6.54. The van der Waals surface area contributed by atoms with E-state index in [0.29, 0.717) is 19.2 Å². The number of hydrogen-bond acceptors (Lipinski definition) is 3. The highest BCUT2D eigenvalue weighted by atomic mass is 16.5. The first-order chi connectivity index (χ1) is 6.06. The number of ether oxygens (including phenoxy) is 1. The lowest BCUT2D eigenvalue weighted by atomic mass is 10.3.